The molecule has 0 bridgehead atoms. The number of rotatable bonds is 4. The summed E-state index contributed by atoms with van der Waals surface area (Å²) in [4.78, 5) is 12.2. The van der Waals surface area contributed by atoms with E-state index in [0.717, 1.165) is 0 Å². The Morgan fingerprint density at radius 3 is 3.12 bits per heavy atom. The van der Waals surface area contributed by atoms with Gasteiger partial charge in [0.25, 0.3) is 0 Å². The van der Waals surface area contributed by atoms with Gasteiger partial charge < -0.3 is 14.8 Å². The second kappa shape index (κ2) is 4.53. The number of fused-ring (bicyclic) bond motifs is 1. The van der Waals surface area contributed by atoms with Crippen LogP contribution < -0.4 is 14.8 Å². The lowest BCUT2D eigenvalue weighted by Gasteiger charge is -2.12. The number of nitrogens with one attached hydrogen (secondary N) is 1. The van der Waals surface area contributed by atoms with Gasteiger partial charge in [0.15, 0.2) is 17.3 Å². The van der Waals surface area contributed by atoms with Crippen molar-refractivity contribution in [3.8, 4) is 11.5 Å². The first-order valence-electron chi connectivity index (χ1n) is 6.62. The number of benzene rings is 1. The van der Waals surface area contributed by atoms with E-state index in [1.807, 2.05) is 0 Å². The third-order valence-corrected chi connectivity index (χ3v) is 2.56. The summed E-state index contributed by atoms with van der Waals surface area (Å²) in [5.74, 6) is 0.833. The van der Waals surface area contributed by atoms with Gasteiger partial charge in [-0.1, -0.05) is 6.92 Å². The molecule has 1 aromatic rings. The molecule has 86 valence electrons. The Bertz CT molecular complexity index is 488. The van der Waals surface area contributed by atoms with Gasteiger partial charge in [-0.15, -0.1) is 0 Å². The number of hydrogen-bond donors (Lipinski definition) is 1. The molecule has 0 fully saturated rings. The minimum absolute atomic E-state index is 0.137. The van der Waals surface area contributed by atoms with E-state index in [4.69, 9.17) is 13.6 Å². The molecule has 0 amide bonds. The molecule has 1 unspecified atom stereocenters. The second-order valence-corrected chi connectivity index (χ2v) is 3.54. The summed E-state index contributed by atoms with van der Waals surface area (Å²) < 4.78 is 31.9. The minimum Gasteiger partial charge on any atom is -0.454 e. The second-order valence-electron chi connectivity index (χ2n) is 3.54. The van der Waals surface area contributed by atoms with Crippen molar-refractivity contribution in [3.63, 3.8) is 0 Å². The van der Waals surface area contributed by atoms with Gasteiger partial charge >= 0.3 is 0 Å². The highest BCUT2D eigenvalue weighted by atomic mass is 16.7. The van der Waals surface area contributed by atoms with Crippen LogP contribution in [0, 0.1) is 0 Å². The Kier molecular flexibility index (Phi) is 2.17. The molecule has 0 aromatic heterocycles. The molecule has 16 heavy (non-hydrogen) atoms. The molecule has 0 saturated carbocycles. The molecule has 2 rings (SSSR count). The Morgan fingerprint density at radius 2 is 2.38 bits per heavy atom. The minimum atomic E-state index is -2.34. The van der Waals surface area contributed by atoms with E-state index in [9.17, 15) is 4.79 Å². The third kappa shape index (κ3) is 1.88. The van der Waals surface area contributed by atoms with Crippen LogP contribution in [0.4, 0.5) is 0 Å². The van der Waals surface area contributed by atoms with E-state index in [2.05, 4.69) is 5.32 Å². The van der Waals surface area contributed by atoms with E-state index in [-0.39, 0.29) is 12.6 Å². The number of carbonyl (C=O) groups excluding carboxylic acids is 1. The monoisotopic (exact) mass is 225 g/mol. The van der Waals surface area contributed by atoms with Crippen LogP contribution in [0.25, 0.3) is 0 Å². The molecule has 1 N–H and O–H groups in total. The summed E-state index contributed by atoms with van der Waals surface area (Å²) in [6.45, 7) is -0.446. The SMILES string of the molecule is [2H][13C]([2H])([2H])NC(CC)C(=O)c1ccc2c(c1)OCO2. The first-order chi connectivity index (χ1) is 8.90. The van der Waals surface area contributed by atoms with Gasteiger partial charge in [-0.25, -0.2) is 0 Å². The summed E-state index contributed by atoms with van der Waals surface area (Å²) in [5, 5.41) is 2.35. The molecule has 4 nitrogen and oxygen atoms in total. The van der Waals surface area contributed by atoms with Crippen LogP contribution in [0.2, 0.25) is 0 Å². The number of likely N-dealkylation sites (N-methyl/N-ethyl adjacent to an activating group) is 1. The average molecular weight is 225 g/mol. The number of carbonyl (C=O) groups is 1. The molecular formula is C12H15NO3. The average Bonchev–Trinajstić information content (AvgIpc) is 2.81. The maximum atomic E-state index is 12.2. The van der Waals surface area contributed by atoms with Crippen molar-refractivity contribution in [3.05, 3.63) is 23.8 Å². The molecule has 1 aliphatic heterocycles. The largest absolute Gasteiger partial charge is 0.454 e. The number of ether oxygens (including phenoxy) is 2. The first-order valence-corrected chi connectivity index (χ1v) is 5.12. The van der Waals surface area contributed by atoms with Crippen molar-refractivity contribution < 1.29 is 18.4 Å². The summed E-state index contributed by atoms with van der Waals surface area (Å²) >= 11 is 0. The fourth-order valence-corrected chi connectivity index (χ4v) is 1.60. The zero-order valence-corrected chi connectivity index (χ0v) is 8.95. The predicted octanol–water partition coefficient (Wildman–Crippen LogP) is 1.60. The smallest absolute Gasteiger partial charge is 0.231 e. The van der Waals surface area contributed by atoms with Crippen molar-refractivity contribution in [2.75, 3.05) is 13.8 Å². The molecule has 1 atom stereocenters. The van der Waals surface area contributed by atoms with E-state index >= 15 is 0 Å². The standard InChI is InChI=1S/C12H15NO3/c1-3-9(13-2)12(14)8-4-5-10-11(6-8)16-7-15-10/h4-6,9,13H,3,7H2,1-2H3/i2+1D3. The maximum absolute atomic E-state index is 12.2. The molecule has 1 aliphatic rings. The Morgan fingerprint density at radius 1 is 1.56 bits per heavy atom. The van der Waals surface area contributed by atoms with Gasteiger partial charge in [-0.05, 0) is 31.6 Å². The Hall–Kier alpha value is -1.55. The molecule has 0 spiro atoms. The lowest BCUT2D eigenvalue weighted by Crippen LogP contribution is -2.33. The van der Waals surface area contributed by atoms with Crippen molar-refractivity contribution in [2.24, 2.45) is 0 Å². The summed E-state index contributed by atoms with van der Waals surface area (Å²) in [6.07, 6.45) is 0.395. The van der Waals surface area contributed by atoms with Gasteiger partial charge in [0.1, 0.15) is 0 Å². The lowest BCUT2D eigenvalue weighted by atomic mass is 10.0. The van der Waals surface area contributed by atoms with Crippen molar-refractivity contribution in [1.29, 1.82) is 0 Å². The summed E-state index contributed by atoms with van der Waals surface area (Å²) in [6, 6.07) is 4.10. The zero-order valence-electron chi connectivity index (χ0n) is 11.9. The highest BCUT2D eigenvalue weighted by Crippen LogP contribution is 2.32. The Labute approximate surface area is 98.8 Å². The molecule has 1 aromatic carbocycles. The van der Waals surface area contributed by atoms with Gasteiger partial charge in [0.2, 0.25) is 6.79 Å². The highest BCUT2D eigenvalue weighted by Gasteiger charge is 2.20. The zero-order chi connectivity index (χ0) is 14.0. The van der Waals surface area contributed by atoms with Crippen LogP contribution in [0.3, 0.4) is 0 Å². The van der Waals surface area contributed by atoms with Crippen LogP contribution >= 0.6 is 0 Å². The first kappa shape index (κ1) is 7.68. The molecule has 0 radical (unpaired) electrons. The fraction of sp³-hybridized carbons (Fsp3) is 0.417. The Balaban J connectivity index is 2.18. The summed E-state index contributed by atoms with van der Waals surface area (Å²) in [5.41, 5.74) is 0.410. The van der Waals surface area contributed by atoms with Crippen molar-refractivity contribution in [2.45, 2.75) is 19.4 Å². The van der Waals surface area contributed by atoms with Gasteiger partial charge in [-0.3, -0.25) is 4.79 Å². The molecule has 4 heteroatoms. The van der Waals surface area contributed by atoms with Crippen LogP contribution in [0.15, 0.2) is 18.2 Å². The maximum Gasteiger partial charge on any atom is 0.231 e. The third-order valence-electron chi connectivity index (χ3n) is 2.56. The van der Waals surface area contributed by atoms with Crippen LogP contribution in [0.5, 0.6) is 11.5 Å². The molecular weight excluding hydrogens is 207 g/mol. The van der Waals surface area contributed by atoms with Gasteiger partial charge in [-0.2, -0.15) is 0 Å². The number of ketones is 1. The number of hydrogen-bond acceptors (Lipinski definition) is 4. The lowest BCUT2D eigenvalue weighted by molar-refractivity contribution is 0.0944. The molecule has 1 heterocycles. The fourth-order valence-electron chi connectivity index (χ4n) is 1.60. The predicted molar refractivity (Wildman–Crippen MR) is 60.0 cm³/mol. The van der Waals surface area contributed by atoms with Crippen molar-refractivity contribution in [1.82, 2.24) is 5.32 Å². The van der Waals surface area contributed by atoms with Crippen molar-refractivity contribution >= 4 is 5.78 Å². The van der Waals surface area contributed by atoms with Crippen LogP contribution in [0.1, 0.15) is 27.8 Å². The van der Waals surface area contributed by atoms with Gasteiger partial charge in [0, 0.05) is 9.68 Å². The molecule has 0 saturated heterocycles. The van der Waals surface area contributed by atoms with E-state index < -0.39 is 13.0 Å². The molecule has 0 aliphatic carbocycles. The topological polar surface area (TPSA) is 47.6 Å². The van der Waals surface area contributed by atoms with Crippen LogP contribution in [-0.2, 0) is 0 Å². The van der Waals surface area contributed by atoms with Gasteiger partial charge in [0.05, 0.1) is 6.04 Å². The number of Topliss-reactive ketones (excluding diaryl/α,β-unsaturated/α-hetero) is 1. The van der Waals surface area contributed by atoms with E-state index in [1.165, 1.54) is 0 Å². The normalized spacial score (nSPS) is 18.4. The highest BCUT2D eigenvalue weighted by molar-refractivity contribution is 6.00. The van der Waals surface area contributed by atoms with E-state index in [1.54, 1.807) is 25.1 Å². The van der Waals surface area contributed by atoms with E-state index in [0.29, 0.717) is 23.5 Å². The quantitative estimate of drug-likeness (QED) is 0.624. The summed E-state index contributed by atoms with van der Waals surface area (Å²) in [7, 11) is 0. The van der Waals surface area contributed by atoms with Crippen LogP contribution in [-0.4, -0.2) is 25.6 Å².